The quantitative estimate of drug-likeness (QED) is 0.520. The van der Waals surface area contributed by atoms with Gasteiger partial charge in [0, 0.05) is 5.56 Å². The molecule has 2 aromatic rings. The van der Waals surface area contributed by atoms with Crippen LogP contribution < -0.4 is 0 Å². The smallest absolute Gasteiger partial charge is 0.317 e. The molecule has 0 aliphatic carbocycles. The van der Waals surface area contributed by atoms with Gasteiger partial charge >= 0.3 is 6.18 Å². The molecule has 0 amide bonds. The van der Waals surface area contributed by atoms with Crippen molar-refractivity contribution in [3.8, 4) is 11.1 Å². The van der Waals surface area contributed by atoms with Crippen LogP contribution in [0.5, 0.6) is 0 Å². The molecule has 116 valence electrons. The number of benzene rings is 2. The molecule has 0 aliphatic heterocycles. The normalized spacial score (nSPS) is 13.3. The molecule has 0 aromatic heterocycles. The van der Waals surface area contributed by atoms with Crippen LogP contribution in [-0.2, 0) is 0 Å². The number of rotatable bonds is 3. The topological polar surface area (TPSA) is 12.4 Å². The number of alkyl halides is 3. The Kier molecular flexibility index (Phi) is 4.56. The van der Waals surface area contributed by atoms with Crippen molar-refractivity contribution in [3.05, 3.63) is 60.2 Å². The van der Waals surface area contributed by atoms with Crippen molar-refractivity contribution in [2.75, 3.05) is 0 Å². The van der Waals surface area contributed by atoms with Crippen molar-refractivity contribution in [2.24, 2.45) is 4.66 Å². The highest BCUT2D eigenvalue weighted by atomic mass is 28.3. The molecule has 0 heterocycles. The fourth-order valence-electron chi connectivity index (χ4n) is 2.17. The van der Waals surface area contributed by atoms with Crippen LogP contribution in [-0.4, -0.2) is 20.1 Å². The third-order valence-electron chi connectivity index (χ3n) is 2.98. The zero-order valence-electron chi connectivity index (χ0n) is 12.8. The summed E-state index contributed by atoms with van der Waals surface area (Å²) in [4.78, 5) is 0. The molecule has 0 radical (unpaired) electrons. The van der Waals surface area contributed by atoms with Crippen molar-refractivity contribution in [1.29, 1.82) is 0 Å². The standard InChI is InChI=1S/C17H18F3NSi/c1-22(2,3)21-16(17(18,19)20)15-12-8-7-11-14(15)13-9-5-4-6-10-13/h4-12H,1-3H3. The summed E-state index contributed by atoms with van der Waals surface area (Å²) in [6, 6.07) is 15.6. The van der Waals surface area contributed by atoms with E-state index in [4.69, 9.17) is 0 Å². The maximum absolute atomic E-state index is 13.5. The van der Waals surface area contributed by atoms with Gasteiger partial charge in [-0.25, -0.2) is 0 Å². The summed E-state index contributed by atoms with van der Waals surface area (Å²) in [6.45, 7) is 5.39. The SMILES string of the molecule is C[Si](C)(C)N=C(c1ccccc1-c1ccccc1)C(F)(F)F. The minimum Gasteiger partial charge on any atom is -0.317 e. The lowest BCUT2D eigenvalue weighted by molar-refractivity contribution is -0.0578. The predicted molar refractivity (Wildman–Crippen MR) is 87.8 cm³/mol. The van der Waals surface area contributed by atoms with E-state index in [0.29, 0.717) is 5.56 Å². The second-order valence-electron chi connectivity index (χ2n) is 6.04. The van der Waals surface area contributed by atoms with Gasteiger partial charge in [0.1, 0.15) is 5.71 Å². The molecule has 0 unspecified atom stereocenters. The lowest BCUT2D eigenvalue weighted by Crippen LogP contribution is -2.30. The minimum absolute atomic E-state index is 0.142. The van der Waals surface area contributed by atoms with Crippen LogP contribution >= 0.6 is 0 Å². The van der Waals surface area contributed by atoms with Crippen molar-refractivity contribution < 1.29 is 13.2 Å². The predicted octanol–water partition coefficient (Wildman–Crippen LogP) is 5.54. The minimum atomic E-state index is -4.47. The first-order chi connectivity index (χ1) is 10.2. The van der Waals surface area contributed by atoms with Gasteiger partial charge in [0.2, 0.25) is 0 Å². The fraction of sp³-hybridized carbons (Fsp3) is 0.235. The van der Waals surface area contributed by atoms with Gasteiger partial charge < -0.3 is 4.66 Å². The molecule has 0 atom stereocenters. The largest absolute Gasteiger partial charge is 0.432 e. The number of hydrogen-bond acceptors (Lipinski definition) is 1. The maximum atomic E-state index is 13.5. The van der Waals surface area contributed by atoms with Crippen molar-refractivity contribution in [2.45, 2.75) is 25.8 Å². The van der Waals surface area contributed by atoms with Crippen molar-refractivity contribution in [3.63, 3.8) is 0 Å². The van der Waals surface area contributed by atoms with E-state index in [-0.39, 0.29) is 5.56 Å². The van der Waals surface area contributed by atoms with E-state index in [0.717, 1.165) is 5.56 Å². The molecule has 0 saturated heterocycles. The monoisotopic (exact) mass is 321 g/mol. The van der Waals surface area contributed by atoms with E-state index in [9.17, 15) is 13.2 Å². The van der Waals surface area contributed by atoms with E-state index in [2.05, 4.69) is 4.66 Å². The second kappa shape index (κ2) is 6.08. The summed E-state index contributed by atoms with van der Waals surface area (Å²) < 4.78 is 44.6. The van der Waals surface area contributed by atoms with Crippen molar-refractivity contribution >= 4 is 13.9 Å². The molecular weight excluding hydrogens is 303 g/mol. The van der Waals surface area contributed by atoms with Crippen LogP contribution in [0.2, 0.25) is 19.6 Å². The summed E-state index contributed by atoms with van der Waals surface area (Å²) in [5, 5.41) is 0. The van der Waals surface area contributed by atoms with Gasteiger partial charge in [-0.3, -0.25) is 0 Å². The van der Waals surface area contributed by atoms with Crippen LogP contribution in [0.15, 0.2) is 59.3 Å². The molecular formula is C17H18F3NSi. The van der Waals surface area contributed by atoms with E-state index in [1.807, 2.05) is 18.2 Å². The molecule has 2 aromatic carbocycles. The van der Waals surface area contributed by atoms with Crippen LogP contribution in [0.3, 0.4) is 0 Å². The summed E-state index contributed by atoms with van der Waals surface area (Å²) >= 11 is 0. The fourth-order valence-corrected chi connectivity index (χ4v) is 3.09. The molecule has 0 saturated carbocycles. The van der Waals surface area contributed by atoms with Crippen LogP contribution in [0.25, 0.3) is 11.1 Å². The molecule has 0 spiro atoms. The van der Waals surface area contributed by atoms with Crippen LogP contribution in [0, 0.1) is 0 Å². The van der Waals surface area contributed by atoms with Crippen molar-refractivity contribution in [1.82, 2.24) is 0 Å². The van der Waals surface area contributed by atoms with Gasteiger partial charge in [-0.2, -0.15) is 13.2 Å². The lowest BCUT2D eigenvalue weighted by atomic mass is 9.96. The maximum Gasteiger partial charge on any atom is 0.432 e. The summed E-state index contributed by atoms with van der Waals surface area (Å²) in [7, 11) is -2.27. The Morgan fingerprint density at radius 1 is 0.864 bits per heavy atom. The molecule has 2 rings (SSSR count). The van der Waals surface area contributed by atoms with Gasteiger partial charge in [-0.15, -0.1) is 0 Å². The van der Waals surface area contributed by atoms with E-state index >= 15 is 0 Å². The molecule has 1 nitrogen and oxygen atoms in total. The Morgan fingerprint density at radius 3 is 1.95 bits per heavy atom. The van der Waals surface area contributed by atoms with Gasteiger partial charge in [0.05, 0.1) is 0 Å². The Hall–Kier alpha value is -1.88. The van der Waals surface area contributed by atoms with E-state index < -0.39 is 20.1 Å². The van der Waals surface area contributed by atoms with Crippen LogP contribution in [0.4, 0.5) is 13.2 Å². The highest BCUT2D eigenvalue weighted by Gasteiger charge is 2.38. The first-order valence-electron chi connectivity index (χ1n) is 7.00. The average molecular weight is 321 g/mol. The third-order valence-corrected chi connectivity index (χ3v) is 3.88. The molecule has 0 fully saturated rings. The number of halogens is 3. The molecule has 5 heteroatoms. The second-order valence-corrected chi connectivity index (χ2v) is 10.6. The summed E-state index contributed by atoms with van der Waals surface area (Å²) in [5.41, 5.74) is 0.679. The first-order valence-corrected chi connectivity index (χ1v) is 10.4. The molecule has 0 aliphatic rings. The third kappa shape index (κ3) is 4.07. The Balaban J connectivity index is 2.67. The average Bonchev–Trinajstić information content (AvgIpc) is 2.44. The Morgan fingerprint density at radius 2 is 1.41 bits per heavy atom. The number of nitrogens with zero attached hydrogens (tertiary/aromatic N) is 1. The summed E-state index contributed by atoms with van der Waals surface area (Å²) in [6.07, 6.45) is -4.47. The summed E-state index contributed by atoms with van der Waals surface area (Å²) in [5.74, 6) is 0. The van der Waals surface area contributed by atoms with Gasteiger partial charge in [0.15, 0.2) is 8.24 Å². The highest BCUT2D eigenvalue weighted by Crippen LogP contribution is 2.31. The number of hydrogen-bond donors (Lipinski definition) is 0. The molecule has 0 bridgehead atoms. The highest BCUT2D eigenvalue weighted by molar-refractivity contribution is 6.75. The first kappa shape index (κ1) is 16.5. The molecule has 0 N–H and O–H groups in total. The zero-order chi connectivity index (χ0) is 16.4. The zero-order valence-corrected chi connectivity index (χ0v) is 13.8. The molecule has 22 heavy (non-hydrogen) atoms. The van der Waals surface area contributed by atoms with Gasteiger partial charge in [-0.05, 0) is 30.8 Å². The van der Waals surface area contributed by atoms with Gasteiger partial charge in [0.25, 0.3) is 0 Å². The Bertz CT molecular complexity index is 670. The lowest BCUT2D eigenvalue weighted by Gasteiger charge is -2.19. The van der Waals surface area contributed by atoms with Crippen LogP contribution in [0.1, 0.15) is 5.56 Å². The van der Waals surface area contributed by atoms with E-state index in [1.54, 1.807) is 50.0 Å². The van der Waals surface area contributed by atoms with E-state index in [1.165, 1.54) is 6.07 Å². The van der Waals surface area contributed by atoms with Gasteiger partial charge in [-0.1, -0.05) is 54.6 Å². The Labute approximate surface area is 129 Å².